The molecular weight excluding hydrogens is 566 g/mol. The summed E-state index contributed by atoms with van der Waals surface area (Å²) in [6.07, 6.45) is -13.6. The maximum atomic E-state index is 11.5. The third kappa shape index (κ3) is 6.12. The Kier molecular flexibility index (Phi) is 10.4. The minimum Gasteiger partial charge on any atom is -0.394 e. The highest BCUT2D eigenvalue weighted by atomic mass is 28.4. The van der Waals surface area contributed by atoms with Crippen LogP contribution in [0.2, 0.25) is 5.04 Å². The van der Waals surface area contributed by atoms with E-state index in [0.29, 0.717) is 0 Å². The molecule has 0 saturated carbocycles. The van der Waals surface area contributed by atoms with Crippen LogP contribution in [0.25, 0.3) is 10.4 Å². The molecule has 42 heavy (non-hydrogen) atoms. The average molecular weight is 606 g/mol. The first-order chi connectivity index (χ1) is 20.0. The van der Waals surface area contributed by atoms with Gasteiger partial charge in [-0.05, 0) is 20.9 Å². The fourth-order valence-corrected chi connectivity index (χ4v) is 10.3. The molecule has 0 aromatic heterocycles. The van der Waals surface area contributed by atoms with Gasteiger partial charge in [0, 0.05) is 4.91 Å². The van der Waals surface area contributed by atoms with Gasteiger partial charge in [0.05, 0.1) is 19.3 Å². The van der Waals surface area contributed by atoms with Gasteiger partial charge in [-0.1, -0.05) is 86.5 Å². The van der Waals surface area contributed by atoms with E-state index in [1.54, 1.807) is 0 Å². The van der Waals surface area contributed by atoms with Crippen LogP contribution in [0.15, 0.2) is 65.8 Å². The summed E-state index contributed by atoms with van der Waals surface area (Å²) in [5, 5.41) is 67.2. The Morgan fingerprint density at radius 3 is 1.79 bits per heavy atom. The maximum Gasteiger partial charge on any atom is 0.264 e. The van der Waals surface area contributed by atoms with Gasteiger partial charge in [-0.25, -0.2) is 0 Å². The van der Waals surface area contributed by atoms with E-state index in [1.807, 2.05) is 81.4 Å². The SMILES string of the molecule is CC(C)(C)[Si](O[C@@H]1O[C@H](CO)[C@@H](O[C@@H]2O[C@H](CO)[C@H](O)[C@H](O)[C@H]2O)[C@H](O)[C@H]1N=[N+]=[N-])(c1ccccc1)c1ccccc1. The third-order valence-electron chi connectivity index (χ3n) is 7.86. The highest BCUT2D eigenvalue weighted by Gasteiger charge is 2.56. The number of hydrogen-bond donors (Lipinski definition) is 6. The molecule has 2 aromatic carbocycles. The van der Waals surface area contributed by atoms with Crippen LogP contribution in [0.5, 0.6) is 0 Å². The lowest BCUT2D eigenvalue weighted by atomic mass is 9.96. The van der Waals surface area contributed by atoms with Gasteiger partial charge in [0.1, 0.15) is 42.7 Å². The van der Waals surface area contributed by atoms with Crippen molar-refractivity contribution in [3.63, 3.8) is 0 Å². The molecule has 0 amide bonds. The van der Waals surface area contributed by atoms with Crippen molar-refractivity contribution >= 4 is 18.7 Å². The molecule has 0 aliphatic carbocycles. The van der Waals surface area contributed by atoms with Crippen molar-refractivity contribution in [2.24, 2.45) is 5.11 Å². The van der Waals surface area contributed by atoms with Crippen LogP contribution >= 0.6 is 0 Å². The number of azide groups is 1. The van der Waals surface area contributed by atoms with Crippen LogP contribution in [0.1, 0.15) is 20.8 Å². The molecule has 2 saturated heterocycles. The number of aliphatic hydroxyl groups excluding tert-OH is 6. The summed E-state index contributed by atoms with van der Waals surface area (Å²) < 4.78 is 24.3. The number of nitrogens with zero attached hydrogens (tertiary/aromatic N) is 3. The summed E-state index contributed by atoms with van der Waals surface area (Å²) in [7, 11) is -3.28. The Bertz CT molecular complexity index is 1160. The zero-order valence-electron chi connectivity index (χ0n) is 23.6. The van der Waals surface area contributed by atoms with Crippen molar-refractivity contribution < 1.29 is 49.3 Å². The van der Waals surface area contributed by atoms with E-state index >= 15 is 0 Å². The van der Waals surface area contributed by atoms with E-state index in [-0.39, 0.29) is 0 Å². The van der Waals surface area contributed by atoms with Crippen LogP contribution in [-0.2, 0) is 18.6 Å². The van der Waals surface area contributed by atoms with Gasteiger partial charge >= 0.3 is 0 Å². The fourth-order valence-electron chi connectivity index (χ4n) is 5.70. The van der Waals surface area contributed by atoms with Crippen molar-refractivity contribution in [1.29, 1.82) is 0 Å². The maximum absolute atomic E-state index is 11.5. The molecule has 10 atom stereocenters. The quantitative estimate of drug-likeness (QED) is 0.0935. The van der Waals surface area contributed by atoms with Gasteiger partial charge in [-0.15, -0.1) is 0 Å². The van der Waals surface area contributed by atoms with E-state index in [9.17, 15) is 36.2 Å². The van der Waals surface area contributed by atoms with E-state index in [2.05, 4.69) is 10.0 Å². The van der Waals surface area contributed by atoms with Crippen LogP contribution < -0.4 is 10.4 Å². The molecule has 2 aromatic rings. The molecule has 2 aliphatic rings. The molecule has 2 fully saturated rings. The Hall–Kier alpha value is -2.43. The van der Waals surface area contributed by atoms with Crippen LogP contribution in [0, 0.1) is 0 Å². The van der Waals surface area contributed by atoms with Crippen LogP contribution in [0.4, 0.5) is 0 Å². The van der Waals surface area contributed by atoms with Gasteiger partial charge < -0.3 is 49.3 Å². The second kappa shape index (κ2) is 13.5. The van der Waals surface area contributed by atoms with E-state index in [1.165, 1.54) is 0 Å². The van der Waals surface area contributed by atoms with Gasteiger partial charge in [0.2, 0.25) is 0 Å². The summed E-state index contributed by atoms with van der Waals surface area (Å²) in [6.45, 7) is 4.76. The van der Waals surface area contributed by atoms with Crippen molar-refractivity contribution in [2.45, 2.75) is 87.2 Å². The van der Waals surface area contributed by atoms with E-state index in [0.717, 1.165) is 10.4 Å². The lowest BCUT2D eigenvalue weighted by Gasteiger charge is -2.50. The minimum atomic E-state index is -3.28. The third-order valence-corrected chi connectivity index (χ3v) is 12.8. The van der Waals surface area contributed by atoms with Gasteiger partial charge in [-0.2, -0.15) is 0 Å². The number of rotatable bonds is 9. The Morgan fingerprint density at radius 2 is 1.31 bits per heavy atom. The number of benzene rings is 2. The normalized spacial score (nSPS) is 34.0. The molecule has 0 unspecified atom stereocenters. The van der Waals surface area contributed by atoms with Gasteiger partial charge in [0.25, 0.3) is 8.32 Å². The molecule has 14 heteroatoms. The Labute approximate surface area is 244 Å². The number of aliphatic hydroxyl groups is 6. The molecule has 2 aliphatic heterocycles. The van der Waals surface area contributed by atoms with E-state index in [4.69, 9.17) is 18.6 Å². The monoisotopic (exact) mass is 605 g/mol. The summed E-state index contributed by atoms with van der Waals surface area (Å²) in [4.78, 5) is 2.91. The molecule has 13 nitrogen and oxygen atoms in total. The lowest BCUT2D eigenvalue weighted by molar-refractivity contribution is -0.342. The molecule has 0 spiro atoms. The Balaban J connectivity index is 1.73. The molecule has 4 rings (SSSR count). The number of ether oxygens (including phenoxy) is 3. The van der Waals surface area contributed by atoms with E-state index < -0.39 is 87.9 Å². The fraction of sp³-hybridized carbons (Fsp3) is 0.571. The van der Waals surface area contributed by atoms with Gasteiger partial charge in [0.15, 0.2) is 12.6 Å². The van der Waals surface area contributed by atoms with Gasteiger partial charge in [-0.3, -0.25) is 0 Å². The highest BCUT2D eigenvalue weighted by Crippen LogP contribution is 2.40. The number of hydrogen-bond acceptors (Lipinski definition) is 11. The molecule has 6 N–H and O–H groups in total. The smallest absolute Gasteiger partial charge is 0.264 e. The summed E-state index contributed by atoms with van der Waals surface area (Å²) in [5.41, 5.74) is 9.45. The Morgan fingerprint density at radius 1 is 0.786 bits per heavy atom. The molecular formula is C28H39N3O10Si. The zero-order valence-corrected chi connectivity index (χ0v) is 24.6. The lowest BCUT2D eigenvalue weighted by Crippen LogP contribution is -2.71. The second-order valence-electron chi connectivity index (χ2n) is 11.5. The minimum absolute atomic E-state index is 0.497. The van der Waals surface area contributed by atoms with Crippen molar-refractivity contribution in [3.05, 3.63) is 71.1 Å². The van der Waals surface area contributed by atoms with Crippen molar-refractivity contribution in [2.75, 3.05) is 13.2 Å². The topological polar surface area (TPSA) is 207 Å². The predicted molar refractivity (Wildman–Crippen MR) is 152 cm³/mol. The largest absolute Gasteiger partial charge is 0.394 e. The van der Waals surface area contributed by atoms with Crippen molar-refractivity contribution in [3.8, 4) is 0 Å². The first-order valence-corrected chi connectivity index (χ1v) is 15.6. The van der Waals surface area contributed by atoms with Crippen LogP contribution in [0.3, 0.4) is 0 Å². The molecule has 230 valence electrons. The first-order valence-electron chi connectivity index (χ1n) is 13.7. The van der Waals surface area contributed by atoms with Crippen molar-refractivity contribution in [1.82, 2.24) is 0 Å². The molecule has 2 heterocycles. The summed E-state index contributed by atoms with van der Waals surface area (Å²) in [6, 6.07) is 17.9. The molecule has 0 radical (unpaired) electrons. The first kappa shape index (κ1) is 32.5. The highest BCUT2D eigenvalue weighted by molar-refractivity contribution is 6.99. The molecule has 0 bridgehead atoms. The zero-order chi connectivity index (χ0) is 30.7. The summed E-state index contributed by atoms with van der Waals surface area (Å²) >= 11 is 0. The average Bonchev–Trinajstić information content (AvgIpc) is 2.99. The predicted octanol–water partition coefficient (Wildman–Crippen LogP) is -0.495. The standard InChI is InChI=1S/C28H39N3O10Si/c1-28(2,3)42(16-10-6-4-7-11-16,17-12-8-5-9-13-17)41-26-20(30-31-29)22(35)25(19(15-33)39-26)40-27-24(37)23(36)21(34)18(14-32)38-27/h4-13,18-27,32-37H,14-15H2,1-3H3/t18-,19-,20-,21+,22-,23+,24-,25-,26+,27+/m1/s1. The van der Waals surface area contributed by atoms with Crippen LogP contribution in [-0.4, -0.2) is 114 Å². The summed E-state index contributed by atoms with van der Waals surface area (Å²) in [5.74, 6) is 0. The second-order valence-corrected chi connectivity index (χ2v) is 15.7.